The third-order valence-corrected chi connectivity index (χ3v) is 5.36. The number of benzene rings is 1. The Morgan fingerprint density at radius 1 is 1.31 bits per heavy atom. The minimum Gasteiger partial charge on any atom is -0.497 e. The molecule has 1 aliphatic rings. The van der Waals surface area contributed by atoms with Gasteiger partial charge in [0.25, 0.3) is 0 Å². The molecular weight excluding hydrogens is 328 g/mol. The van der Waals surface area contributed by atoms with Crippen molar-refractivity contribution in [2.45, 2.75) is 52.5 Å². The first kappa shape index (κ1) is 18.5. The normalized spacial score (nSPS) is 20.8. The predicted octanol–water partition coefficient (Wildman–Crippen LogP) is 3.87. The predicted molar refractivity (Wildman–Crippen MR) is 100.0 cm³/mol. The molecule has 1 fully saturated rings. The molecule has 1 saturated carbocycles. The lowest BCUT2D eigenvalue weighted by Crippen LogP contribution is -2.37. The summed E-state index contributed by atoms with van der Waals surface area (Å²) in [6, 6.07) is 9.73. The second-order valence-electron chi connectivity index (χ2n) is 8.26. The molecule has 1 N–H and O–H groups in total. The number of aromatic nitrogens is 1. The van der Waals surface area contributed by atoms with Crippen LogP contribution in [0.15, 0.2) is 34.9 Å². The highest BCUT2D eigenvalue weighted by molar-refractivity contribution is 5.93. The van der Waals surface area contributed by atoms with Gasteiger partial charge in [0, 0.05) is 6.07 Å². The summed E-state index contributed by atoms with van der Waals surface area (Å²) in [7, 11) is 1.64. The molecule has 1 amide bonds. The number of hydrogen-bond donors (Lipinski definition) is 1. The molecule has 0 radical (unpaired) electrons. The molecule has 0 aliphatic heterocycles. The third kappa shape index (κ3) is 3.35. The van der Waals surface area contributed by atoms with Gasteiger partial charge in [-0.15, -0.1) is 0 Å². The first-order valence-electron chi connectivity index (χ1n) is 9.16. The van der Waals surface area contributed by atoms with E-state index in [1.807, 2.05) is 30.3 Å². The van der Waals surface area contributed by atoms with Gasteiger partial charge in [-0.2, -0.15) is 0 Å². The molecule has 3 rings (SSSR count). The van der Waals surface area contributed by atoms with Crippen molar-refractivity contribution in [3.63, 3.8) is 0 Å². The van der Waals surface area contributed by atoms with Crippen molar-refractivity contribution >= 4 is 5.91 Å². The standard InChI is InChI=1S/C21H28N2O3/c1-14(2)10-16-11-18(26-23-16)12-22-19(24)21(13-20(21,3)4)15-6-8-17(25-5)9-7-15/h6-9,11,14H,10,12-13H2,1-5H3,(H,22,24). The number of rotatable bonds is 7. The van der Waals surface area contributed by atoms with E-state index in [2.05, 4.69) is 38.2 Å². The summed E-state index contributed by atoms with van der Waals surface area (Å²) in [5.74, 6) is 2.04. The number of amides is 1. The van der Waals surface area contributed by atoms with Crippen molar-refractivity contribution in [2.24, 2.45) is 11.3 Å². The van der Waals surface area contributed by atoms with Crippen LogP contribution in [0, 0.1) is 11.3 Å². The maximum absolute atomic E-state index is 13.1. The van der Waals surface area contributed by atoms with E-state index in [-0.39, 0.29) is 11.3 Å². The molecule has 5 heteroatoms. The largest absolute Gasteiger partial charge is 0.497 e. The molecule has 2 aromatic rings. The molecule has 5 nitrogen and oxygen atoms in total. The zero-order valence-electron chi connectivity index (χ0n) is 16.3. The SMILES string of the molecule is COc1ccc(C2(C(=O)NCc3cc(CC(C)C)no3)CC2(C)C)cc1. The lowest BCUT2D eigenvalue weighted by Gasteiger charge is -2.20. The maximum Gasteiger partial charge on any atom is 0.231 e. The van der Waals surface area contributed by atoms with Crippen molar-refractivity contribution in [3.8, 4) is 5.75 Å². The summed E-state index contributed by atoms with van der Waals surface area (Å²) >= 11 is 0. The quantitative estimate of drug-likeness (QED) is 0.818. The van der Waals surface area contributed by atoms with Crippen LogP contribution in [0.3, 0.4) is 0 Å². The highest BCUT2D eigenvalue weighted by Crippen LogP contribution is 2.64. The molecule has 0 saturated heterocycles. The van der Waals surface area contributed by atoms with Crippen LogP contribution in [0.2, 0.25) is 0 Å². The maximum atomic E-state index is 13.1. The van der Waals surface area contributed by atoms with Crippen LogP contribution >= 0.6 is 0 Å². The topological polar surface area (TPSA) is 64.4 Å². The summed E-state index contributed by atoms with van der Waals surface area (Å²) in [6.07, 6.45) is 1.70. The summed E-state index contributed by atoms with van der Waals surface area (Å²) in [6.45, 7) is 8.91. The van der Waals surface area contributed by atoms with E-state index < -0.39 is 5.41 Å². The number of nitrogens with zero attached hydrogens (tertiary/aromatic N) is 1. The van der Waals surface area contributed by atoms with Gasteiger partial charge in [-0.1, -0.05) is 45.0 Å². The molecule has 140 valence electrons. The van der Waals surface area contributed by atoms with E-state index in [1.54, 1.807) is 7.11 Å². The number of carbonyl (C=O) groups excluding carboxylic acids is 1. The van der Waals surface area contributed by atoms with E-state index in [1.165, 1.54) is 0 Å². The zero-order chi connectivity index (χ0) is 18.9. The molecular formula is C21H28N2O3. The minimum absolute atomic E-state index is 0.0366. The van der Waals surface area contributed by atoms with Gasteiger partial charge in [-0.25, -0.2) is 0 Å². The van der Waals surface area contributed by atoms with Crippen molar-refractivity contribution in [1.82, 2.24) is 10.5 Å². The first-order valence-corrected chi connectivity index (χ1v) is 9.16. The Balaban J connectivity index is 1.71. The van der Waals surface area contributed by atoms with Crippen molar-refractivity contribution in [1.29, 1.82) is 0 Å². The van der Waals surface area contributed by atoms with Crippen molar-refractivity contribution in [2.75, 3.05) is 7.11 Å². The fourth-order valence-electron chi connectivity index (χ4n) is 3.78. The molecule has 0 bridgehead atoms. The van der Waals surface area contributed by atoms with Gasteiger partial charge in [0.05, 0.1) is 24.8 Å². The van der Waals surface area contributed by atoms with Gasteiger partial charge in [-0.3, -0.25) is 4.79 Å². The van der Waals surface area contributed by atoms with Crippen LogP contribution in [-0.4, -0.2) is 18.2 Å². The number of carbonyl (C=O) groups is 1. The first-order chi connectivity index (χ1) is 12.3. The molecule has 1 heterocycles. The highest BCUT2D eigenvalue weighted by atomic mass is 16.5. The van der Waals surface area contributed by atoms with Gasteiger partial charge in [0.2, 0.25) is 5.91 Å². The van der Waals surface area contributed by atoms with Gasteiger partial charge in [0.1, 0.15) is 5.75 Å². The number of ether oxygens (including phenoxy) is 1. The van der Waals surface area contributed by atoms with Crippen LogP contribution < -0.4 is 10.1 Å². The van der Waals surface area contributed by atoms with E-state index in [9.17, 15) is 4.79 Å². The van der Waals surface area contributed by atoms with Gasteiger partial charge >= 0.3 is 0 Å². The van der Waals surface area contributed by atoms with E-state index in [4.69, 9.17) is 9.26 Å². The molecule has 1 aromatic carbocycles. The van der Waals surface area contributed by atoms with Crippen molar-refractivity contribution < 1.29 is 14.1 Å². The van der Waals surface area contributed by atoms with Crippen molar-refractivity contribution in [3.05, 3.63) is 47.3 Å². The zero-order valence-corrected chi connectivity index (χ0v) is 16.3. The lowest BCUT2D eigenvalue weighted by atomic mass is 9.87. The van der Waals surface area contributed by atoms with E-state index in [0.29, 0.717) is 18.2 Å². The smallest absolute Gasteiger partial charge is 0.231 e. The average Bonchev–Trinajstić information content (AvgIpc) is 2.95. The molecule has 1 aliphatic carbocycles. The Morgan fingerprint density at radius 3 is 2.50 bits per heavy atom. The number of nitrogens with one attached hydrogen (secondary N) is 1. The Hall–Kier alpha value is -2.30. The highest BCUT2D eigenvalue weighted by Gasteiger charge is 2.66. The fourth-order valence-corrected chi connectivity index (χ4v) is 3.78. The van der Waals surface area contributed by atoms with Crippen LogP contribution in [0.25, 0.3) is 0 Å². The second-order valence-corrected chi connectivity index (χ2v) is 8.26. The Labute approximate surface area is 155 Å². The summed E-state index contributed by atoms with van der Waals surface area (Å²) in [4.78, 5) is 13.1. The molecule has 1 atom stereocenters. The Morgan fingerprint density at radius 2 is 1.96 bits per heavy atom. The van der Waals surface area contributed by atoms with Crippen LogP contribution in [0.1, 0.15) is 51.1 Å². The third-order valence-electron chi connectivity index (χ3n) is 5.36. The van der Waals surface area contributed by atoms with Gasteiger partial charge in [-0.05, 0) is 41.9 Å². The number of hydrogen-bond acceptors (Lipinski definition) is 4. The van der Waals surface area contributed by atoms with Crippen LogP contribution in [-0.2, 0) is 23.2 Å². The van der Waals surface area contributed by atoms with E-state index in [0.717, 1.165) is 29.8 Å². The van der Waals surface area contributed by atoms with E-state index >= 15 is 0 Å². The van der Waals surface area contributed by atoms with Gasteiger partial charge in [0.15, 0.2) is 5.76 Å². The average molecular weight is 356 g/mol. The Bertz CT molecular complexity index is 777. The molecule has 1 unspecified atom stereocenters. The van der Waals surface area contributed by atoms with Crippen LogP contribution in [0.5, 0.6) is 5.75 Å². The Kier molecular flexibility index (Phi) is 4.82. The molecule has 0 spiro atoms. The number of methoxy groups -OCH3 is 1. The lowest BCUT2D eigenvalue weighted by molar-refractivity contribution is -0.124. The van der Waals surface area contributed by atoms with Crippen LogP contribution in [0.4, 0.5) is 0 Å². The monoisotopic (exact) mass is 356 g/mol. The second kappa shape index (κ2) is 6.78. The minimum atomic E-state index is -0.500. The summed E-state index contributed by atoms with van der Waals surface area (Å²) in [5, 5.41) is 7.12. The molecule has 26 heavy (non-hydrogen) atoms. The fraction of sp³-hybridized carbons (Fsp3) is 0.524. The summed E-state index contributed by atoms with van der Waals surface area (Å²) in [5.41, 5.74) is 1.38. The molecule has 1 aromatic heterocycles. The summed E-state index contributed by atoms with van der Waals surface area (Å²) < 4.78 is 10.6. The van der Waals surface area contributed by atoms with Gasteiger partial charge < -0.3 is 14.6 Å².